The molecule has 0 saturated heterocycles. The van der Waals surface area contributed by atoms with Gasteiger partial charge >= 0.3 is 0 Å². The molecule has 0 aliphatic rings. The summed E-state index contributed by atoms with van der Waals surface area (Å²) in [5.41, 5.74) is 5.67. The van der Waals surface area contributed by atoms with Crippen LogP contribution in [0.4, 0.5) is 11.6 Å². The number of nitrogens with one attached hydrogen (secondary N) is 1. The second-order valence-corrected chi connectivity index (χ2v) is 3.49. The fourth-order valence-corrected chi connectivity index (χ4v) is 1.28. The van der Waals surface area contributed by atoms with Crippen LogP contribution in [0.1, 0.15) is 12.7 Å². The topological polar surface area (TPSA) is 103 Å². The third-order valence-corrected chi connectivity index (χ3v) is 2.02. The quantitative estimate of drug-likeness (QED) is 0.535. The van der Waals surface area contributed by atoms with E-state index in [1.165, 1.54) is 0 Å². The van der Waals surface area contributed by atoms with Gasteiger partial charge in [0.25, 0.3) is 0 Å². The summed E-state index contributed by atoms with van der Waals surface area (Å²) in [6.45, 7) is 4.30. The van der Waals surface area contributed by atoms with Crippen LogP contribution < -0.4 is 11.1 Å². The van der Waals surface area contributed by atoms with E-state index in [4.69, 9.17) is 20.3 Å². The van der Waals surface area contributed by atoms with Crippen LogP contribution in [0.5, 0.6) is 0 Å². The van der Waals surface area contributed by atoms with E-state index in [0.717, 1.165) is 0 Å². The Kier molecular flexibility index (Phi) is 7.00. The summed E-state index contributed by atoms with van der Waals surface area (Å²) < 4.78 is 10.3. The van der Waals surface area contributed by atoms with E-state index in [2.05, 4.69) is 15.3 Å². The number of aromatic nitrogens is 2. The molecule has 0 aromatic carbocycles. The van der Waals surface area contributed by atoms with E-state index in [1.807, 2.05) is 6.92 Å². The molecule has 0 radical (unpaired) electrons. The molecular formula is C11H20N4O3. The highest BCUT2D eigenvalue weighted by molar-refractivity contribution is 5.44. The van der Waals surface area contributed by atoms with Gasteiger partial charge in [0.2, 0.25) is 0 Å². The smallest absolute Gasteiger partial charge is 0.158 e. The highest BCUT2D eigenvalue weighted by Gasteiger charge is 2.02. The van der Waals surface area contributed by atoms with Gasteiger partial charge in [-0.1, -0.05) is 0 Å². The van der Waals surface area contributed by atoms with Crippen molar-refractivity contribution >= 4 is 11.6 Å². The SMILES string of the molecule is CCOCc1nc(N)cc(NCCOCCO)n1. The van der Waals surface area contributed by atoms with Gasteiger partial charge in [0.15, 0.2) is 5.82 Å². The first-order chi connectivity index (χ1) is 8.76. The minimum absolute atomic E-state index is 0.0267. The Labute approximate surface area is 106 Å². The molecular weight excluding hydrogens is 236 g/mol. The third kappa shape index (κ3) is 5.76. The van der Waals surface area contributed by atoms with Gasteiger partial charge < -0.3 is 25.6 Å². The maximum atomic E-state index is 8.54. The molecule has 0 aliphatic carbocycles. The summed E-state index contributed by atoms with van der Waals surface area (Å²) >= 11 is 0. The van der Waals surface area contributed by atoms with Crippen LogP contribution in [-0.4, -0.2) is 48.0 Å². The van der Waals surface area contributed by atoms with Crippen molar-refractivity contribution in [1.82, 2.24) is 9.97 Å². The largest absolute Gasteiger partial charge is 0.394 e. The van der Waals surface area contributed by atoms with Crippen LogP contribution in [0.3, 0.4) is 0 Å². The van der Waals surface area contributed by atoms with Gasteiger partial charge in [-0.2, -0.15) is 0 Å². The fraction of sp³-hybridized carbons (Fsp3) is 0.636. The van der Waals surface area contributed by atoms with Crippen LogP contribution in [0.25, 0.3) is 0 Å². The highest BCUT2D eigenvalue weighted by Crippen LogP contribution is 2.08. The Morgan fingerprint density at radius 1 is 1.33 bits per heavy atom. The van der Waals surface area contributed by atoms with Gasteiger partial charge in [-0.3, -0.25) is 0 Å². The van der Waals surface area contributed by atoms with Crippen LogP contribution in [0, 0.1) is 0 Å². The minimum atomic E-state index is 0.0267. The number of rotatable bonds is 9. The molecule has 7 heteroatoms. The van der Waals surface area contributed by atoms with Crippen LogP contribution in [0.2, 0.25) is 0 Å². The van der Waals surface area contributed by atoms with Crippen molar-refractivity contribution in [2.75, 3.05) is 44.0 Å². The fourth-order valence-electron chi connectivity index (χ4n) is 1.28. The molecule has 0 aliphatic heterocycles. The maximum Gasteiger partial charge on any atom is 0.158 e. The molecule has 18 heavy (non-hydrogen) atoms. The van der Waals surface area contributed by atoms with E-state index in [9.17, 15) is 0 Å². The number of hydrogen-bond donors (Lipinski definition) is 3. The third-order valence-electron chi connectivity index (χ3n) is 2.02. The number of nitrogen functional groups attached to an aromatic ring is 1. The van der Waals surface area contributed by atoms with Gasteiger partial charge in [-0.25, -0.2) is 9.97 Å². The van der Waals surface area contributed by atoms with E-state index >= 15 is 0 Å². The standard InChI is InChI=1S/C11H20N4O3/c1-2-17-8-11-14-9(12)7-10(15-11)13-3-5-18-6-4-16/h7,16H,2-6,8H2,1H3,(H3,12,13,14,15). The predicted octanol–water partition coefficient (Wildman–Crippen LogP) is 0.0161. The average molecular weight is 256 g/mol. The number of ether oxygens (including phenoxy) is 2. The van der Waals surface area contributed by atoms with Gasteiger partial charge in [-0.05, 0) is 6.92 Å². The van der Waals surface area contributed by atoms with Crippen LogP contribution >= 0.6 is 0 Å². The molecule has 0 fully saturated rings. The summed E-state index contributed by atoms with van der Waals surface area (Å²) in [4.78, 5) is 8.32. The van der Waals surface area contributed by atoms with Crippen molar-refractivity contribution in [2.45, 2.75) is 13.5 Å². The van der Waals surface area contributed by atoms with E-state index in [1.54, 1.807) is 6.07 Å². The Morgan fingerprint density at radius 2 is 2.17 bits per heavy atom. The van der Waals surface area contributed by atoms with Gasteiger partial charge in [0.1, 0.15) is 18.2 Å². The molecule has 0 bridgehead atoms. The van der Waals surface area contributed by atoms with E-state index < -0.39 is 0 Å². The zero-order valence-corrected chi connectivity index (χ0v) is 10.6. The number of nitrogens with zero attached hydrogens (tertiary/aromatic N) is 2. The zero-order valence-electron chi connectivity index (χ0n) is 10.6. The maximum absolute atomic E-state index is 8.54. The molecule has 7 nitrogen and oxygen atoms in total. The van der Waals surface area contributed by atoms with Crippen LogP contribution in [0.15, 0.2) is 6.07 Å². The highest BCUT2D eigenvalue weighted by atomic mass is 16.5. The van der Waals surface area contributed by atoms with Crippen molar-refractivity contribution in [1.29, 1.82) is 0 Å². The van der Waals surface area contributed by atoms with E-state index in [0.29, 0.717) is 50.4 Å². The molecule has 0 atom stereocenters. The molecule has 0 amide bonds. The Balaban J connectivity index is 2.41. The summed E-state index contributed by atoms with van der Waals surface area (Å²) in [6, 6.07) is 1.65. The summed E-state index contributed by atoms with van der Waals surface area (Å²) in [5.74, 6) is 1.60. The van der Waals surface area contributed by atoms with Crippen molar-refractivity contribution in [3.63, 3.8) is 0 Å². The summed E-state index contributed by atoms with van der Waals surface area (Å²) in [6.07, 6.45) is 0. The average Bonchev–Trinajstić information content (AvgIpc) is 2.35. The first kappa shape index (κ1) is 14.6. The molecule has 1 aromatic heterocycles. The second-order valence-electron chi connectivity index (χ2n) is 3.49. The number of hydrogen-bond acceptors (Lipinski definition) is 7. The van der Waals surface area contributed by atoms with Crippen molar-refractivity contribution in [2.24, 2.45) is 0 Å². The lowest BCUT2D eigenvalue weighted by atomic mass is 10.5. The zero-order chi connectivity index (χ0) is 13.2. The van der Waals surface area contributed by atoms with Crippen LogP contribution in [-0.2, 0) is 16.1 Å². The molecule has 1 aromatic rings. The lowest BCUT2D eigenvalue weighted by Crippen LogP contribution is -2.13. The minimum Gasteiger partial charge on any atom is -0.394 e. The van der Waals surface area contributed by atoms with Gasteiger partial charge in [0, 0.05) is 19.2 Å². The summed E-state index contributed by atoms with van der Waals surface area (Å²) in [7, 11) is 0. The molecule has 1 heterocycles. The monoisotopic (exact) mass is 256 g/mol. The molecule has 0 saturated carbocycles. The number of anilines is 2. The summed E-state index contributed by atoms with van der Waals surface area (Å²) in [5, 5.41) is 11.6. The van der Waals surface area contributed by atoms with Crippen molar-refractivity contribution in [3.05, 3.63) is 11.9 Å². The Hall–Kier alpha value is -1.44. The second kappa shape index (κ2) is 8.62. The molecule has 4 N–H and O–H groups in total. The first-order valence-corrected chi connectivity index (χ1v) is 5.90. The normalized spacial score (nSPS) is 10.6. The first-order valence-electron chi connectivity index (χ1n) is 5.90. The van der Waals surface area contributed by atoms with Gasteiger partial charge in [0.05, 0.1) is 19.8 Å². The predicted molar refractivity (Wildman–Crippen MR) is 68.2 cm³/mol. The lowest BCUT2D eigenvalue weighted by Gasteiger charge is -2.08. The van der Waals surface area contributed by atoms with Crippen molar-refractivity contribution < 1.29 is 14.6 Å². The van der Waals surface area contributed by atoms with Gasteiger partial charge in [-0.15, -0.1) is 0 Å². The number of aliphatic hydroxyl groups excluding tert-OH is 1. The molecule has 0 spiro atoms. The lowest BCUT2D eigenvalue weighted by molar-refractivity contribution is 0.0991. The Bertz CT molecular complexity index is 349. The molecule has 0 unspecified atom stereocenters. The number of aliphatic hydroxyl groups is 1. The van der Waals surface area contributed by atoms with E-state index in [-0.39, 0.29) is 6.61 Å². The van der Waals surface area contributed by atoms with Crippen molar-refractivity contribution in [3.8, 4) is 0 Å². The number of nitrogens with two attached hydrogens (primary N) is 1. The molecule has 1 rings (SSSR count). The molecule has 102 valence electrons. The Morgan fingerprint density at radius 3 is 2.89 bits per heavy atom.